The molecule has 1 aliphatic rings. The Kier molecular flexibility index (Phi) is 4.28. The third-order valence-corrected chi connectivity index (χ3v) is 4.84. The number of nitrogens with zero attached hydrogens (tertiary/aromatic N) is 5. The number of benzene rings is 1. The topological polar surface area (TPSA) is 88.4 Å². The van der Waals surface area contributed by atoms with Gasteiger partial charge in [0.05, 0.1) is 12.4 Å². The van der Waals surface area contributed by atoms with Crippen LogP contribution in [0.4, 0.5) is 4.39 Å². The maximum absolute atomic E-state index is 13.2. The molecule has 0 amide bonds. The molecule has 9 heteroatoms. The molecule has 1 aliphatic heterocycles. The van der Waals surface area contributed by atoms with Crippen LogP contribution in [0, 0.1) is 5.82 Å². The molecule has 0 atom stereocenters. The first kappa shape index (κ1) is 17.5. The van der Waals surface area contributed by atoms with Crippen molar-refractivity contribution in [2.75, 3.05) is 13.1 Å². The van der Waals surface area contributed by atoms with E-state index in [9.17, 15) is 9.18 Å². The molecule has 0 spiro atoms. The highest BCUT2D eigenvalue weighted by Gasteiger charge is 2.29. The Morgan fingerprint density at radius 2 is 1.97 bits per heavy atom. The highest BCUT2D eigenvalue weighted by molar-refractivity contribution is 5.61. The molecule has 0 aliphatic carbocycles. The fourth-order valence-corrected chi connectivity index (χ4v) is 3.43. The summed E-state index contributed by atoms with van der Waals surface area (Å²) >= 11 is 0. The lowest BCUT2D eigenvalue weighted by Gasteiger charge is -2.38. The van der Waals surface area contributed by atoms with E-state index in [1.165, 1.54) is 18.3 Å². The molecule has 0 radical (unpaired) electrons. The summed E-state index contributed by atoms with van der Waals surface area (Å²) in [6, 6.07) is 6.05. The van der Waals surface area contributed by atoms with Gasteiger partial charge in [0.1, 0.15) is 23.3 Å². The summed E-state index contributed by atoms with van der Waals surface area (Å²) in [6.45, 7) is 2.03. The van der Waals surface area contributed by atoms with Gasteiger partial charge in [-0.15, -0.1) is 0 Å². The Morgan fingerprint density at radius 3 is 2.72 bits per heavy atom. The van der Waals surface area contributed by atoms with Gasteiger partial charge in [0.2, 0.25) is 5.88 Å². The first-order valence-electron chi connectivity index (χ1n) is 9.16. The highest BCUT2D eigenvalue weighted by atomic mass is 19.1. The SMILES string of the molecule is O=c1[nH]c(CN2CC(Oc3cnccn3)C2)cn2c(-c3ccc(F)cc3)ncc12. The molecule has 0 saturated carbocycles. The molecule has 1 N–H and O–H groups in total. The zero-order valence-corrected chi connectivity index (χ0v) is 15.3. The van der Waals surface area contributed by atoms with Crippen LogP contribution in [0.5, 0.6) is 5.88 Å². The van der Waals surface area contributed by atoms with Crippen molar-refractivity contribution in [2.24, 2.45) is 0 Å². The third-order valence-electron chi connectivity index (χ3n) is 4.84. The molecule has 1 aromatic carbocycles. The number of imidazole rings is 1. The molecular weight excluding hydrogens is 375 g/mol. The van der Waals surface area contributed by atoms with E-state index in [1.54, 1.807) is 35.1 Å². The van der Waals surface area contributed by atoms with Crippen molar-refractivity contribution in [1.82, 2.24) is 29.2 Å². The molecule has 3 aromatic heterocycles. The second-order valence-electron chi connectivity index (χ2n) is 6.93. The van der Waals surface area contributed by atoms with Crippen molar-refractivity contribution in [3.05, 3.63) is 77.1 Å². The van der Waals surface area contributed by atoms with Gasteiger partial charge in [-0.3, -0.25) is 19.1 Å². The van der Waals surface area contributed by atoms with Crippen LogP contribution in [-0.2, 0) is 6.54 Å². The van der Waals surface area contributed by atoms with Crippen molar-refractivity contribution in [1.29, 1.82) is 0 Å². The van der Waals surface area contributed by atoms with Crippen LogP contribution in [0.2, 0.25) is 0 Å². The molecule has 146 valence electrons. The number of aromatic nitrogens is 5. The molecule has 5 rings (SSSR count). The van der Waals surface area contributed by atoms with Crippen molar-refractivity contribution in [2.45, 2.75) is 12.6 Å². The second-order valence-corrected chi connectivity index (χ2v) is 6.93. The van der Waals surface area contributed by atoms with E-state index in [-0.39, 0.29) is 17.5 Å². The van der Waals surface area contributed by atoms with E-state index < -0.39 is 0 Å². The van der Waals surface area contributed by atoms with E-state index in [2.05, 4.69) is 24.8 Å². The number of aromatic amines is 1. The Balaban J connectivity index is 1.33. The van der Waals surface area contributed by atoms with E-state index in [0.29, 0.717) is 23.8 Å². The van der Waals surface area contributed by atoms with Crippen molar-refractivity contribution in [3.63, 3.8) is 0 Å². The zero-order valence-electron chi connectivity index (χ0n) is 15.3. The highest BCUT2D eigenvalue weighted by Crippen LogP contribution is 2.20. The number of hydrogen-bond donors (Lipinski definition) is 1. The Hall–Kier alpha value is -3.59. The fourth-order valence-electron chi connectivity index (χ4n) is 3.43. The summed E-state index contributed by atoms with van der Waals surface area (Å²) in [5.41, 5.74) is 1.74. The molecule has 29 heavy (non-hydrogen) atoms. The number of H-pyrrole nitrogens is 1. The minimum absolute atomic E-state index is 0.0465. The maximum Gasteiger partial charge on any atom is 0.274 e. The van der Waals surface area contributed by atoms with Gasteiger partial charge in [0.25, 0.3) is 5.56 Å². The minimum Gasteiger partial charge on any atom is -0.471 e. The van der Waals surface area contributed by atoms with E-state index >= 15 is 0 Å². The summed E-state index contributed by atoms with van der Waals surface area (Å²) in [5.74, 6) is 0.790. The third kappa shape index (κ3) is 3.47. The lowest BCUT2D eigenvalue weighted by Crippen LogP contribution is -2.53. The Bertz CT molecular complexity index is 1200. The van der Waals surface area contributed by atoms with Crippen LogP contribution in [-0.4, -0.2) is 48.4 Å². The van der Waals surface area contributed by atoms with Gasteiger partial charge in [-0.05, 0) is 24.3 Å². The summed E-state index contributed by atoms with van der Waals surface area (Å²) in [5, 5.41) is 0. The van der Waals surface area contributed by atoms with Crippen molar-refractivity contribution < 1.29 is 9.13 Å². The first-order valence-corrected chi connectivity index (χ1v) is 9.16. The molecular formula is C20H17FN6O2. The number of ether oxygens (including phenoxy) is 1. The molecule has 8 nitrogen and oxygen atoms in total. The van der Waals surface area contributed by atoms with Crippen LogP contribution in [0.15, 0.2) is 60.0 Å². The fraction of sp³-hybridized carbons (Fsp3) is 0.200. The molecule has 1 fully saturated rings. The van der Waals surface area contributed by atoms with E-state index in [0.717, 1.165) is 24.3 Å². The van der Waals surface area contributed by atoms with Crippen LogP contribution in [0.3, 0.4) is 0 Å². The van der Waals surface area contributed by atoms with Crippen LogP contribution >= 0.6 is 0 Å². The van der Waals surface area contributed by atoms with Crippen LogP contribution in [0.1, 0.15) is 5.69 Å². The molecule has 1 saturated heterocycles. The van der Waals surface area contributed by atoms with Crippen molar-refractivity contribution in [3.8, 4) is 17.3 Å². The molecule has 0 unspecified atom stereocenters. The van der Waals surface area contributed by atoms with Gasteiger partial charge in [-0.2, -0.15) is 0 Å². The van der Waals surface area contributed by atoms with Crippen LogP contribution < -0.4 is 10.3 Å². The van der Waals surface area contributed by atoms with E-state index in [4.69, 9.17) is 4.74 Å². The average molecular weight is 392 g/mol. The maximum atomic E-state index is 13.2. The van der Waals surface area contributed by atoms with Crippen molar-refractivity contribution >= 4 is 5.52 Å². The van der Waals surface area contributed by atoms with Gasteiger partial charge in [-0.25, -0.2) is 14.4 Å². The summed E-state index contributed by atoms with van der Waals surface area (Å²) in [4.78, 5) is 30.0. The lowest BCUT2D eigenvalue weighted by molar-refractivity contribution is 0.0107. The molecule has 4 aromatic rings. The normalized spacial score (nSPS) is 14.8. The largest absolute Gasteiger partial charge is 0.471 e. The van der Waals surface area contributed by atoms with Gasteiger partial charge in [0.15, 0.2) is 0 Å². The van der Waals surface area contributed by atoms with E-state index in [1.807, 2.05) is 6.20 Å². The number of nitrogens with one attached hydrogen (secondary N) is 1. The lowest BCUT2D eigenvalue weighted by atomic mass is 10.1. The number of hydrogen-bond acceptors (Lipinski definition) is 6. The predicted octanol–water partition coefficient (Wildman–Crippen LogP) is 1.88. The monoisotopic (exact) mass is 392 g/mol. The number of rotatable bonds is 5. The van der Waals surface area contributed by atoms with Gasteiger partial charge in [0, 0.05) is 49.5 Å². The summed E-state index contributed by atoms with van der Waals surface area (Å²) < 4.78 is 20.7. The molecule has 4 heterocycles. The van der Waals surface area contributed by atoms with Crippen LogP contribution in [0.25, 0.3) is 16.9 Å². The van der Waals surface area contributed by atoms with Gasteiger partial charge < -0.3 is 9.72 Å². The van der Waals surface area contributed by atoms with Gasteiger partial charge in [-0.1, -0.05) is 0 Å². The Labute approximate surface area is 164 Å². The average Bonchev–Trinajstić information content (AvgIpc) is 3.12. The summed E-state index contributed by atoms with van der Waals surface area (Å²) in [7, 11) is 0. The van der Waals surface area contributed by atoms with Gasteiger partial charge >= 0.3 is 0 Å². The smallest absolute Gasteiger partial charge is 0.274 e. The number of likely N-dealkylation sites (tertiary alicyclic amines) is 1. The minimum atomic E-state index is -0.316. The quantitative estimate of drug-likeness (QED) is 0.558. The first-order chi connectivity index (χ1) is 14.2. The number of fused-ring (bicyclic) bond motifs is 1. The molecule has 0 bridgehead atoms. The standard InChI is InChI=1S/C20H17FN6O2/c21-14-3-1-13(2-4-14)19-24-7-17-20(28)25-15(10-27(17)19)9-26-11-16(12-26)29-18-8-22-5-6-23-18/h1-8,10,16H,9,11-12H2,(H,25,28). The Morgan fingerprint density at radius 1 is 1.14 bits per heavy atom. The second kappa shape index (κ2) is 7.10. The predicted molar refractivity (Wildman–Crippen MR) is 103 cm³/mol. The number of halogens is 1. The summed E-state index contributed by atoms with van der Waals surface area (Å²) in [6.07, 6.45) is 8.21. The zero-order chi connectivity index (χ0) is 19.8.